The molecular weight excluding hydrogens is 240 g/mol. The van der Waals surface area contributed by atoms with Gasteiger partial charge in [-0.1, -0.05) is 22.7 Å². The summed E-state index contributed by atoms with van der Waals surface area (Å²) in [5.74, 6) is -0.618. The molecule has 5 nitrogen and oxygen atoms in total. The van der Waals surface area contributed by atoms with E-state index in [1.165, 1.54) is 0 Å². The lowest BCUT2D eigenvalue weighted by atomic mass is 10.2. The first kappa shape index (κ1) is 9.98. The Labute approximate surface area is 99.5 Å². The molecular formula is C11H6N2O3S. The predicted molar refractivity (Wildman–Crippen MR) is 62.1 cm³/mol. The monoisotopic (exact) mass is 246 g/mol. The van der Waals surface area contributed by atoms with Crippen LogP contribution in [0.1, 0.15) is 10.5 Å². The van der Waals surface area contributed by atoms with E-state index in [0.717, 1.165) is 16.9 Å². The molecule has 0 amide bonds. The van der Waals surface area contributed by atoms with Crippen molar-refractivity contribution in [1.82, 2.24) is 9.59 Å². The molecule has 0 saturated heterocycles. The number of furan rings is 1. The topological polar surface area (TPSA) is 76.2 Å². The SMILES string of the molecule is O=C(O)c1nnsc1-c1cc2ccccc2o1. The van der Waals surface area contributed by atoms with E-state index in [1.807, 2.05) is 24.3 Å². The van der Waals surface area contributed by atoms with Crippen LogP contribution in [-0.4, -0.2) is 20.7 Å². The fraction of sp³-hybridized carbons (Fsp3) is 0. The number of nitrogens with zero attached hydrogens (tertiary/aromatic N) is 2. The van der Waals surface area contributed by atoms with Crippen LogP contribution in [0.2, 0.25) is 0 Å². The van der Waals surface area contributed by atoms with E-state index >= 15 is 0 Å². The summed E-state index contributed by atoms with van der Waals surface area (Å²) in [5, 5.41) is 13.4. The Bertz CT molecular complexity index is 668. The van der Waals surface area contributed by atoms with Crippen molar-refractivity contribution in [2.45, 2.75) is 0 Å². The van der Waals surface area contributed by atoms with Crippen molar-refractivity contribution >= 4 is 28.5 Å². The third-order valence-electron chi connectivity index (χ3n) is 2.34. The van der Waals surface area contributed by atoms with Crippen LogP contribution >= 0.6 is 11.5 Å². The molecule has 2 aromatic heterocycles. The van der Waals surface area contributed by atoms with E-state index in [-0.39, 0.29) is 5.69 Å². The molecule has 2 heterocycles. The minimum absolute atomic E-state index is 0.0749. The molecule has 3 aromatic rings. The number of benzene rings is 1. The van der Waals surface area contributed by atoms with Gasteiger partial charge in [-0.05, 0) is 23.7 Å². The number of carboxylic acids is 1. The first-order valence-electron chi connectivity index (χ1n) is 4.80. The Balaban J connectivity index is 2.20. The van der Waals surface area contributed by atoms with Gasteiger partial charge in [0.1, 0.15) is 16.2 Å². The van der Waals surface area contributed by atoms with Crippen molar-refractivity contribution in [3.05, 3.63) is 36.0 Å². The van der Waals surface area contributed by atoms with Gasteiger partial charge in [0.25, 0.3) is 0 Å². The van der Waals surface area contributed by atoms with Gasteiger partial charge in [0, 0.05) is 5.39 Å². The van der Waals surface area contributed by atoms with E-state index in [0.29, 0.717) is 16.2 Å². The number of para-hydroxylation sites is 1. The van der Waals surface area contributed by atoms with Gasteiger partial charge in [0.2, 0.25) is 0 Å². The average molecular weight is 246 g/mol. The summed E-state index contributed by atoms with van der Waals surface area (Å²) >= 11 is 1.01. The van der Waals surface area contributed by atoms with Crippen LogP contribution in [0.15, 0.2) is 34.7 Å². The number of rotatable bonds is 2. The second kappa shape index (κ2) is 3.67. The van der Waals surface area contributed by atoms with Gasteiger partial charge >= 0.3 is 5.97 Å². The number of fused-ring (bicyclic) bond motifs is 1. The highest BCUT2D eigenvalue weighted by molar-refractivity contribution is 7.09. The maximum atomic E-state index is 10.9. The fourth-order valence-corrected chi connectivity index (χ4v) is 2.20. The molecule has 1 N–H and O–H groups in total. The quantitative estimate of drug-likeness (QED) is 0.752. The lowest BCUT2D eigenvalue weighted by Crippen LogP contribution is -1.98. The lowest BCUT2D eigenvalue weighted by molar-refractivity contribution is 0.0691. The molecule has 0 fully saturated rings. The maximum absolute atomic E-state index is 10.9. The average Bonchev–Trinajstić information content (AvgIpc) is 2.95. The van der Waals surface area contributed by atoms with Crippen molar-refractivity contribution in [2.24, 2.45) is 0 Å². The minimum atomic E-state index is -1.10. The largest absolute Gasteiger partial charge is 0.476 e. The Morgan fingerprint density at radius 2 is 2.18 bits per heavy atom. The van der Waals surface area contributed by atoms with Gasteiger partial charge in [0.05, 0.1) is 0 Å². The zero-order valence-electron chi connectivity index (χ0n) is 8.45. The highest BCUT2D eigenvalue weighted by Gasteiger charge is 2.19. The lowest BCUT2D eigenvalue weighted by Gasteiger charge is -1.90. The van der Waals surface area contributed by atoms with E-state index < -0.39 is 5.97 Å². The van der Waals surface area contributed by atoms with E-state index in [2.05, 4.69) is 9.59 Å². The van der Waals surface area contributed by atoms with Crippen molar-refractivity contribution < 1.29 is 14.3 Å². The molecule has 6 heteroatoms. The molecule has 0 aliphatic heterocycles. The Morgan fingerprint density at radius 3 is 2.94 bits per heavy atom. The van der Waals surface area contributed by atoms with Crippen molar-refractivity contribution in [3.8, 4) is 10.6 Å². The number of aromatic nitrogens is 2. The first-order chi connectivity index (χ1) is 8.25. The van der Waals surface area contributed by atoms with Crippen LogP contribution in [0.5, 0.6) is 0 Å². The van der Waals surface area contributed by atoms with Gasteiger partial charge in [0.15, 0.2) is 5.69 Å². The minimum Gasteiger partial charge on any atom is -0.476 e. The van der Waals surface area contributed by atoms with E-state index in [9.17, 15) is 4.79 Å². The number of carboxylic acid groups (broad SMARTS) is 1. The number of hydrogen-bond donors (Lipinski definition) is 1. The van der Waals surface area contributed by atoms with Crippen LogP contribution in [0.25, 0.3) is 21.6 Å². The summed E-state index contributed by atoms with van der Waals surface area (Å²) in [4.78, 5) is 11.4. The molecule has 0 aliphatic rings. The normalized spacial score (nSPS) is 10.8. The third kappa shape index (κ3) is 1.58. The van der Waals surface area contributed by atoms with E-state index in [4.69, 9.17) is 9.52 Å². The summed E-state index contributed by atoms with van der Waals surface area (Å²) in [6.07, 6.45) is 0. The second-order valence-corrected chi connectivity index (χ2v) is 4.16. The Hall–Kier alpha value is -2.21. The van der Waals surface area contributed by atoms with Crippen molar-refractivity contribution in [3.63, 3.8) is 0 Å². The summed E-state index contributed by atoms with van der Waals surface area (Å²) < 4.78 is 9.21. The van der Waals surface area contributed by atoms with Crippen molar-refractivity contribution in [2.75, 3.05) is 0 Å². The third-order valence-corrected chi connectivity index (χ3v) is 3.08. The fourth-order valence-electron chi connectivity index (χ4n) is 1.59. The van der Waals surface area contributed by atoms with Crippen LogP contribution in [0.3, 0.4) is 0 Å². The molecule has 0 atom stereocenters. The van der Waals surface area contributed by atoms with Gasteiger partial charge < -0.3 is 9.52 Å². The molecule has 3 rings (SSSR count). The molecule has 0 radical (unpaired) electrons. The molecule has 84 valence electrons. The predicted octanol–water partition coefficient (Wildman–Crippen LogP) is 2.65. The second-order valence-electron chi connectivity index (χ2n) is 3.40. The van der Waals surface area contributed by atoms with Crippen LogP contribution < -0.4 is 0 Å². The molecule has 0 spiro atoms. The highest BCUT2D eigenvalue weighted by Crippen LogP contribution is 2.31. The molecule has 0 saturated carbocycles. The van der Waals surface area contributed by atoms with Gasteiger partial charge in [-0.15, -0.1) is 5.10 Å². The number of hydrogen-bond acceptors (Lipinski definition) is 5. The number of carbonyl (C=O) groups is 1. The first-order valence-corrected chi connectivity index (χ1v) is 5.57. The molecule has 0 aliphatic carbocycles. The summed E-state index contributed by atoms with van der Waals surface area (Å²) in [7, 11) is 0. The highest BCUT2D eigenvalue weighted by atomic mass is 32.1. The standard InChI is InChI=1S/C11H6N2O3S/c14-11(15)9-10(17-13-12-9)8-5-6-3-1-2-4-7(6)16-8/h1-5H,(H,14,15). The zero-order valence-corrected chi connectivity index (χ0v) is 9.27. The summed E-state index contributed by atoms with van der Waals surface area (Å²) in [5.41, 5.74) is 0.640. The van der Waals surface area contributed by atoms with Crippen LogP contribution in [0.4, 0.5) is 0 Å². The maximum Gasteiger partial charge on any atom is 0.358 e. The van der Waals surface area contributed by atoms with Crippen LogP contribution in [0, 0.1) is 0 Å². The Kier molecular flexibility index (Phi) is 2.15. The smallest absolute Gasteiger partial charge is 0.358 e. The van der Waals surface area contributed by atoms with Crippen LogP contribution in [-0.2, 0) is 0 Å². The van der Waals surface area contributed by atoms with Gasteiger partial charge in [-0.3, -0.25) is 0 Å². The molecule has 0 bridgehead atoms. The summed E-state index contributed by atoms with van der Waals surface area (Å²) in [6.45, 7) is 0. The Morgan fingerprint density at radius 1 is 1.35 bits per heavy atom. The van der Waals surface area contributed by atoms with E-state index in [1.54, 1.807) is 6.07 Å². The molecule has 17 heavy (non-hydrogen) atoms. The van der Waals surface area contributed by atoms with Gasteiger partial charge in [-0.25, -0.2) is 4.79 Å². The number of aromatic carboxylic acids is 1. The van der Waals surface area contributed by atoms with Gasteiger partial charge in [-0.2, -0.15) is 0 Å². The van der Waals surface area contributed by atoms with Crippen molar-refractivity contribution in [1.29, 1.82) is 0 Å². The molecule has 0 unspecified atom stereocenters. The zero-order chi connectivity index (χ0) is 11.8. The molecule has 1 aromatic carbocycles. The summed E-state index contributed by atoms with van der Waals surface area (Å²) in [6, 6.07) is 9.27.